The second-order valence-electron chi connectivity index (χ2n) is 9.41. The highest BCUT2D eigenvalue weighted by atomic mass is 19.1. The predicted octanol–water partition coefficient (Wildman–Crippen LogP) is 3.60. The van der Waals surface area contributed by atoms with Crippen molar-refractivity contribution < 1.29 is 23.4 Å². The summed E-state index contributed by atoms with van der Waals surface area (Å²) < 4.78 is 33.8. The number of fused-ring (bicyclic) bond motifs is 3. The summed E-state index contributed by atoms with van der Waals surface area (Å²) in [6.45, 7) is 4.99. The van der Waals surface area contributed by atoms with Gasteiger partial charge in [0.2, 0.25) is 0 Å². The number of amides is 1. The number of carbonyl (C=O) groups is 1. The minimum absolute atomic E-state index is 0.0363. The lowest BCUT2D eigenvalue weighted by molar-refractivity contribution is 0.0686. The van der Waals surface area contributed by atoms with Crippen molar-refractivity contribution in [3.05, 3.63) is 75.5 Å². The lowest BCUT2D eigenvalue weighted by Crippen LogP contribution is -2.42. The number of nitrogens with zero attached hydrogens (tertiary/aromatic N) is 4. The summed E-state index contributed by atoms with van der Waals surface area (Å²) in [6.07, 6.45) is 0. The fraction of sp³-hybridized carbons (Fsp3) is 0.321. The Bertz CT molecular complexity index is 1610. The van der Waals surface area contributed by atoms with Crippen LogP contribution in [0.1, 0.15) is 41.5 Å². The summed E-state index contributed by atoms with van der Waals surface area (Å²) in [5, 5.41) is 4.55. The molecule has 0 aliphatic carbocycles. The van der Waals surface area contributed by atoms with Gasteiger partial charge in [-0.2, -0.15) is 0 Å². The molecule has 1 aliphatic heterocycles. The van der Waals surface area contributed by atoms with Crippen molar-refractivity contribution in [1.82, 2.24) is 19.2 Å². The van der Waals surface area contributed by atoms with E-state index in [1.54, 1.807) is 22.6 Å². The number of carbonyl (C=O) groups excluding carboxylic acids is 1. The zero-order valence-corrected chi connectivity index (χ0v) is 22.2. The van der Waals surface area contributed by atoms with Gasteiger partial charge in [0.1, 0.15) is 34.8 Å². The molecule has 3 heterocycles. The Morgan fingerprint density at radius 2 is 1.85 bits per heavy atom. The van der Waals surface area contributed by atoms with Crippen molar-refractivity contribution >= 4 is 22.6 Å². The van der Waals surface area contributed by atoms with Crippen LogP contribution in [0.25, 0.3) is 10.9 Å². The molecule has 39 heavy (non-hydrogen) atoms. The second-order valence-corrected chi connectivity index (χ2v) is 9.41. The zero-order chi connectivity index (χ0) is 27.8. The predicted molar refractivity (Wildman–Crippen MR) is 144 cm³/mol. The van der Waals surface area contributed by atoms with E-state index in [0.717, 1.165) is 5.56 Å². The van der Waals surface area contributed by atoms with E-state index in [4.69, 9.17) is 19.9 Å². The van der Waals surface area contributed by atoms with Crippen molar-refractivity contribution in [2.75, 3.05) is 33.0 Å². The fourth-order valence-electron chi connectivity index (χ4n) is 5.06. The van der Waals surface area contributed by atoms with Crippen molar-refractivity contribution in [3.63, 3.8) is 0 Å². The van der Waals surface area contributed by atoms with Crippen LogP contribution in [0.4, 0.5) is 10.2 Å². The molecule has 1 unspecified atom stereocenters. The number of hydrogen-bond donors (Lipinski definition) is 1. The summed E-state index contributed by atoms with van der Waals surface area (Å²) in [4.78, 5) is 28.7. The molecule has 2 aromatic heterocycles. The van der Waals surface area contributed by atoms with Gasteiger partial charge in [0.25, 0.3) is 11.5 Å². The number of nitrogen functional groups attached to an aromatic ring is 1. The Labute approximate surface area is 224 Å². The molecule has 4 aromatic rings. The molecule has 1 aliphatic rings. The molecule has 0 spiro atoms. The van der Waals surface area contributed by atoms with Crippen LogP contribution in [0.5, 0.6) is 17.2 Å². The van der Waals surface area contributed by atoms with Gasteiger partial charge in [-0.15, -0.1) is 5.10 Å². The largest absolute Gasteiger partial charge is 0.497 e. The number of ether oxygens (including phenoxy) is 3. The van der Waals surface area contributed by atoms with Crippen LogP contribution in [0.2, 0.25) is 0 Å². The Hall–Kier alpha value is -4.54. The molecule has 2 aromatic carbocycles. The molecule has 5 rings (SSSR count). The molecule has 0 saturated heterocycles. The van der Waals surface area contributed by atoms with Crippen molar-refractivity contribution in [3.8, 4) is 17.2 Å². The molecule has 0 fully saturated rings. The topological polar surface area (TPSA) is 114 Å². The maximum atomic E-state index is 14.2. The smallest absolute Gasteiger partial charge is 0.280 e. The first kappa shape index (κ1) is 26.1. The summed E-state index contributed by atoms with van der Waals surface area (Å²) in [6, 6.07) is 11.3. The Morgan fingerprint density at radius 1 is 1.10 bits per heavy atom. The van der Waals surface area contributed by atoms with E-state index in [1.165, 1.54) is 23.9 Å². The van der Waals surface area contributed by atoms with Gasteiger partial charge in [-0.25, -0.2) is 9.07 Å². The third-order valence-corrected chi connectivity index (χ3v) is 6.98. The van der Waals surface area contributed by atoms with E-state index in [9.17, 15) is 14.0 Å². The number of methoxy groups -OCH3 is 2. The van der Waals surface area contributed by atoms with Crippen LogP contribution >= 0.6 is 0 Å². The number of benzene rings is 2. The molecule has 11 heteroatoms. The maximum absolute atomic E-state index is 14.2. The minimum atomic E-state index is -0.480. The lowest BCUT2D eigenvalue weighted by atomic mass is 10.2. The van der Waals surface area contributed by atoms with E-state index >= 15 is 0 Å². The zero-order valence-electron chi connectivity index (χ0n) is 22.2. The quantitative estimate of drug-likeness (QED) is 0.367. The summed E-state index contributed by atoms with van der Waals surface area (Å²) in [5.41, 5.74) is 7.95. The molecule has 2 N–H and O–H groups in total. The van der Waals surface area contributed by atoms with E-state index in [0.29, 0.717) is 29.9 Å². The standard InChI is InChI=1S/C28H30FN5O5/c1-5-32-13-16(2)34-23-22(25(38-4)24(34)28(32)36)27(35)33(31-26(23)30)14-18-8-9-19(29)12-21(18)39-15-17-6-10-20(37-3)11-7-17/h6-12,16H,5,13-15H2,1-4H3,(H2,30,31). The van der Waals surface area contributed by atoms with Gasteiger partial charge >= 0.3 is 0 Å². The van der Waals surface area contributed by atoms with Crippen molar-refractivity contribution in [1.29, 1.82) is 0 Å². The Morgan fingerprint density at radius 3 is 2.51 bits per heavy atom. The van der Waals surface area contributed by atoms with Gasteiger partial charge < -0.3 is 29.4 Å². The molecule has 1 amide bonds. The van der Waals surface area contributed by atoms with Gasteiger partial charge in [0.15, 0.2) is 17.3 Å². The average Bonchev–Trinajstić information content (AvgIpc) is 3.30. The van der Waals surface area contributed by atoms with E-state index < -0.39 is 11.4 Å². The number of rotatable bonds is 8. The Kier molecular flexibility index (Phi) is 6.90. The average molecular weight is 536 g/mol. The van der Waals surface area contributed by atoms with Gasteiger partial charge in [-0.1, -0.05) is 18.2 Å². The summed E-state index contributed by atoms with van der Waals surface area (Å²) in [5.74, 6) is 0.522. The Balaban J connectivity index is 1.55. The van der Waals surface area contributed by atoms with E-state index in [1.807, 2.05) is 38.1 Å². The van der Waals surface area contributed by atoms with Crippen molar-refractivity contribution in [2.45, 2.75) is 33.0 Å². The van der Waals surface area contributed by atoms with E-state index in [-0.39, 0.29) is 53.5 Å². The summed E-state index contributed by atoms with van der Waals surface area (Å²) >= 11 is 0. The van der Waals surface area contributed by atoms with Crippen LogP contribution in [-0.2, 0) is 13.2 Å². The van der Waals surface area contributed by atoms with Crippen LogP contribution in [0.3, 0.4) is 0 Å². The van der Waals surface area contributed by atoms with Gasteiger partial charge in [-0.05, 0) is 37.6 Å². The number of hydrogen-bond acceptors (Lipinski definition) is 7. The monoisotopic (exact) mass is 535 g/mol. The first-order valence-corrected chi connectivity index (χ1v) is 12.6. The molecule has 0 bridgehead atoms. The molecule has 204 valence electrons. The number of anilines is 1. The lowest BCUT2D eigenvalue weighted by Gasteiger charge is -2.32. The molecule has 1 atom stereocenters. The maximum Gasteiger partial charge on any atom is 0.280 e. The van der Waals surface area contributed by atoms with Crippen LogP contribution in [-0.4, -0.2) is 52.5 Å². The number of likely N-dealkylation sites (N-methyl/N-ethyl adjacent to an activating group) is 1. The van der Waals surface area contributed by atoms with Gasteiger partial charge in [0, 0.05) is 30.8 Å². The first-order valence-electron chi connectivity index (χ1n) is 12.6. The molecule has 0 radical (unpaired) electrons. The van der Waals surface area contributed by atoms with Crippen LogP contribution in [0, 0.1) is 5.82 Å². The normalized spacial score (nSPS) is 14.9. The molecule has 10 nitrogen and oxygen atoms in total. The highest BCUT2D eigenvalue weighted by molar-refractivity contribution is 6.06. The van der Waals surface area contributed by atoms with Gasteiger partial charge in [0.05, 0.1) is 20.8 Å². The van der Waals surface area contributed by atoms with Crippen LogP contribution < -0.4 is 25.5 Å². The number of nitrogens with two attached hydrogens (primary N) is 1. The number of aromatic nitrogens is 3. The van der Waals surface area contributed by atoms with E-state index in [2.05, 4.69) is 5.10 Å². The molecule has 0 saturated carbocycles. The molecular weight excluding hydrogens is 505 g/mol. The summed E-state index contributed by atoms with van der Waals surface area (Å²) in [7, 11) is 3.01. The minimum Gasteiger partial charge on any atom is -0.497 e. The van der Waals surface area contributed by atoms with Crippen molar-refractivity contribution in [2.24, 2.45) is 0 Å². The fourth-order valence-corrected chi connectivity index (χ4v) is 5.06. The molecular formula is C28H30FN5O5. The second kappa shape index (κ2) is 10.3. The third kappa shape index (κ3) is 4.53. The third-order valence-electron chi connectivity index (χ3n) is 6.98. The highest BCUT2D eigenvalue weighted by Gasteiger charge is 2.37. The van der Waals surface area contributed by atoms with Crippen LogP contribution in [0.15, 0.2) is 47.3 Å². The SMILES string of the molecule is CCN1CC(C)n2c(c(OC)c3c(=O)n(Cc4ccc(F)cc4OCc4ccc(OC)cc4)nc(N)c32)C1=O. The first-order chi connectivity index (χ1) is 18.8. The van der Waals surface area contributed by atoms with Gasteiger partial charge in [-0.3, -0.25) is 9.59 Å². The number of halogens is 1. The highest BCUT2D eigenvalue weighted by Crippen LogP contribution is 2.39.